The summed E-state index contributed by atoms with van der Waals surface area (Å²) in [5, 5.41) is 3.47. The summed E-state index contributed by atoms with van der Waals surface area (Å²) in [5.74, 6) is 0. The Morgan fingerprint density at radius 2 is 2.21 bits per heavy atom. The van der Waals surface area contributed by atoms with Gasteiger partial charge in [0.25, 0.3) is 0 Å². The van der Waals surface area contributed by atoms with E-state index >= 15 is 0 Å². The summed E-state index contributed by atoms with van der Waals surface area (Å²) in [6, 6.07) is 1.20. The van der Waals surface area contributed by atoms with E-state index in [1.54, 1.807) is 0 Å². The first kappa shape index (κ1) is 14.2. The number of nitrogens with one attached hydrogen (secondary N) is 1. The van der Waals surface area contributed by atoms with Crippen LogP contribution in [0.15, 0.2) is 6.20 Å². The molecular weight excluding hydrogens is 240 g/mol. The van der Waals surface area contributed by atoms with Gasteiger partial charge in [0, 0.05) is 36.6 Å². The Morgan fingerprint density at radius 3 is 2.84 bits per heavy atom. The Balaban J connectivity index is 1.76. The van der Waals surface area contributed by atoms with Crippen molar-refractivity contribution >= 4 is 0 Å². The second-order valence-corrected chi connectivity index (χ2v) is 5.42. The second-order valence-electron chi connectivity index (χ2n) is 5.42. The lowest BCUT2D eigenvalue weighted by Crippen LogP contribution is -2.17. The number of aromatic nitrogens is 2. The lowest BCUT2D eigenvalue weighted by molar-refractivity contribution is 0.263. The molecule has 5 nitrogen and oxygen atoms in total. The second kappa shape index (κ2) is 6.82. The van der Waals surface area contributed by atoms with E-state index in [-0.39, 0.29) is 0 Å². The quantitative estimate of drug-likeness (QED) is 0.719. The zero-order valence-electron chi connectivity index (χ0n) is 12.1. The fourth-order valence-electron chi connectivity index (χ4n) is 1.80. The Morgan fingerprint density at radius 1 is 1.42 bits per heavy atom. The van der Waals surface area contributed by atoms with Gasteiger partial charge in [-0.15, -0.1) is 0 Å². The molecule has 0 spiro atoms. The fourth-order valence-corrected chi connectivity index (χ4v) is 1.80. The molecule has 0 radical (unpaired) electrons. The molecule has 2 rings (SSSR count). The van der Waals surface area contributed by atoms with Gasteiger partial charge in [0.05, 0.1) is 6.61 Å². The van der Waals surface area contributed by atoms with Crippen LogP contribution in [0.5, 0.6) is 6.01 Å². The molecule has 19 heavy (non-hydrogen) atoms. The summed E-state index contributed by atoms with van der Waals surface area (Å²) < 4.78 is 5.56. The molecule has 0 amide bonds. The van der Waals surface area contributed by atoms with Gasteiger partial charge in [-0.2, -0.15) is 0 Å². The predicted molar refractivity (Wildman–Crippen MR) is 75.3 cm³/mol. The topological polar surface area (TPSA) is 50.3 Å². The minimum absolute atomic E-state index is 0.492. The molecular formula is C14H24N4O. The van der Waals surface area contributed by atoms with Crippen molar-refractivity contribution < 1.29 is 4.74 Å². The van der Waals surface area contributed by atoms with Gasteiger partial charge in [0.1, 0.15) is 0 Å². The molecule has 1 heterocycles. The summed E-state index contributed by atoms with van der Waals surface area (Å²) >= 11 is 0. The smallest absolute Gasteiger partial charge is 0.316 e. The van der Waals surface area contributed by atoms with E-state index in [1.165, 1.54) is 12.8 Å². The van der Waals surface area contributed by atoms with Gasteiger partial charge in [0.2, 0.25) is 0 Å². The largest absolute Gasteiger partial charge is 0.463 e. The number of rotatable bonds is 8. The molecule has 1 saturated carbocycles. The van der Waals surface area contributed by atoms with Gasteiger partial charge in [0.15, 0.2) is 0 Å². The molecule has 5 heteroatoms. The number of hydrogen-bond donors (Lipinski definition) is 1. The molecule has 0 aliphatic heterocycles. The van der Waals surface area contributed by atoms with Crippen molar-refractivity contribution in [1.82, 2.24) is 20.2 Å². The normalized spacial score (nSPS) is 14.9. The van der Waals surface area contributed by atoms with Gasteiger partial charge < -0.3 is 15.0 Å². The Bertz CT molecular complexity index is 404. The Hall–Kier alpha value is -1.20. The van der Waals surface area contributed by atoms with Crippen molar-refractivity contribution in [3.05, 3.63) is 17.5 Å². The maximum absolute atomic E-state index is 5.56. The lowest BCUT2D eigenvalue weighted by Gasteiger charge is -2.10. The summed E-state index contributed by atoms with van der Waals surface area (Å²) in [4.78, 5) is 10.8. The first-order chi connectivity index (χ1) is 9.15. The van der Waals surface area contributed by atoms with E-state index in [9.17, 15) is 0 Å². The molecule has 1 aliphatic carbocycles. The highest BCUT2D eigenvalue weighted by atomic mass is 16.5. The van der Waals surface area contributed by atoms with Crippen molar-refractivity contribution in [1.29, 1.82) is 0 Å². The Labute approximate surface area is 115 Å². The number of ether oxygens (including phenoxy) is 1. The number of nitrogens with zero attached hydrogens (tertiary/aromatic N) is 3. The molecule has 1 fully saturated rings. The average Bonchev–Trinajstić information content (AvgIpc) is 3.17. The summed E-state index contributed by atoms with van der Waals surface area (Å²) in [6.07, 6.45) is 5.46. The molecule has 1 aliphatic rings. The highest BCUT2D eigenvalue weighted by molar-refractivity contribution is 5.17. The molecule has 106 valence electrons. The monoisotopic (exact) mass is 264 g/mol. The predicted octanol–water partition coefficient (Wildman–Crippen LogP) is 1.37. The SMILES string of the molecule is Cc1nc(OCCCN(C)C)ncc1CNC1CC1. The lowest BCUT2D eigenvalue weighted by atomic mass is 10.2. The van der Waals surface area contributed by atoms with E-state index in [1.807, 2.05) is 13.1 Å². The van der Waals surface area contributed by atoms with Crippen molar-refractivity contribution in [2.45, 2.75) is 38.8 Å². The minimum atomic E-state index is 0.492. The fraction of sp³-hybridized carbons (Fsp3) is 0.714. The van der Waals surface area contributed by atoms with Crippen molar-refractivity contribution in [2.75, 3.05) is 27.2 Å². The number of aryl methyl sites for hydroxylation is 1. The maximum Gasteiger partial charge on any atom is 0.316 e. The van der Waals surface area contributed by atoms with E-state index < -0.39 is 0 Å². The van der Waals surface area contributed by atoms with Gasteiger partial charge in [-0.25, -0.2) is 9.97 Å². The molecule has 0 unspecified atom stereocenters. The molecule has 0 aromatic carbocycles. The van der Waals surface area contributed by atoms with E-state index in [2.05, 4.69) is 34.3 Å². The van der Waals surface area contributed by atoms with Crippen molar-refractivity contribution in [3.8, 4) is 6.01 Å². The van der Waals surface area contributed by atoms with Crippen LogP contribution in [0.25, 0.3) is 0 Å². The zero-order chi connectivity index (χ0) is 13.7. The number of hydrogen-bond acceptors (Lipinski definition) is 5. The van der Waals surface area contributed by atoms with Crippen LogP contribution in [0, 0.1) is 6.92 Å². The van der Waals surface area contributed by atoms with Crippen LogP contribution in [-0.2, 0) is 6.54 Å². The summed E-state index contributed by atoms with van der Waals surface area (Å²) in [7, 11) is 4.12. The molecule has 1 aromatic heterocycles. The highest BCUT2D eigenvalue weighted by Crippen LogP contribution is 2.19. The first-order valence-corrected chi connectivity index (χ1v) is 6.98. The van der Waals surface area contributed by atoms with Crippen LogP contribution in [0.3, 0.4) is 0 Å². The minimum Gasteiger partial charge on any atom is -0.463 e. The van der Waals surface area contributed by atoms with E-state index in [4.69, 9.17) is 4.74 Å². The van der Waals surface area contributed by atoms with Crippen LogP contribution in [-0.4, -0.2) is 48.2 Å². The highest BCUT2D eigenvalue weighted by Gasteiger charge is 2.20. The van der Waals surface area contributed by atoms with Gasteiger partial charge in [-0.1, -0.05) is 0 Å². The van der Waals surface area contributed by atoms with Crippen molar-refractivity contribution in [3.63, 3.8) is 0 Å². The average molecular weight is 264 g/mol. The van der Waals surface area contributed by atoms with Crippen LogP contribution in [0.1, 0.15) is 30.5 Å². The van der Waals surface area contributed by atoms with E-state index in [0.29, 0.717) is 18.7 Å². The third-order valence-corrected chi connectivity index (χ3v) is 3.20. The van der Waals surface area contributed by atoms with Crippen LogP contribution in [0.4, 0.5) is 0 Å². The van der Waals surface area contributed by atoms with Crippen LogP contribution in [0.2, 0.25) is 0 Å². The molecule has 0 saturated heterocycles. The molecule has 0 atom stereocenters. The molecule has 1 N–H and O–H groups in total. The van der Waals surface area contributed by atoms with Crippen LogP contribution >= 0.6 is 0 Å². The molecule has 1 aromatic rings. The third-order valence-electron chi connectivity index (χ3n) is 3.20. The van der Waals surface area contributed by atoms with Crippen molar-refractivity contribution in [2.24, 2.45) is 0 Å². The first-order valence-electron chi connectivity index (χ1n) is 6.98. The Kier molecular flexibility index (Phi) is 5.10. The maximum atomic E-state index is 5.56. The standard InChI is InChI=1S/C14H24N4O/c1-11-12(9-15-13-5-6-13)10-16-14(17-11)19-8-4-7-18(2)3/h10,13,15H,4-9H2,1-3H3. The zero-order valence-corrected chi connectivity index (χ0v) is 12.1. The summed E-state index contributed by atoms with van der Waals surface area (Å²) in [6.45, 7) is 4.55. The third kappa shape index (κ3) is 5.12. The van der Waals surface area contributed by atoms with Gasteiger partial charge in [-0.3, -0.25) is 0 Å². The van der Waals surface area contributed by atoms with Gasteiger partial charge >= 0.3 is 6.01 Å². The van der Waals surface area contributed by atoms with E-state index in [0.717, 1.165) is 30.8 Å². The van der Waals surface area contributed by atoms with Gasteiger partial charge in [-0.05, 0) is 40.3 Å². The van der Waals surface area contributed by atoms with Crippen LogP contribution < -0.4 is 10.1 Å². The molecule has 0 bridgehead atoms. The summed E-state index contributed by atoms with van der Waals surface area (Å²) in [5.41, 5.74) is 2.17.